The molecule has 0 heterocycles. The normalized spacial score (nSPS) is 74.2. The first-order chi connectivity index (χ1) is 10.2. The van der Waals surface area contributed by atoms with Gasteiger partial charge >= 0.3 is 0 Å². The summed E-state index contributed by atoms with van der Waals surface area (Å²) in [5.74, 6) is 12.5. The molecule has 6 saturated carbocycles. The van der Waals surface area contributed by atoms with Crippen LogP contribution in [0.5, 0.6) is 0 Å². The summed E-state index contributed by atoms with van der Waals surface area (Å²) in [6.45, 7) is 2.69. The van der Waals surface area contributed by atoms with Gasteiger partial charge in [-0.25, -0.2) is 0 Å². The number of hydrogen-bond acceptors (Lipinski definition) is 0. The molecule has 12 atom stereocenters. The van der Waals surface area contributed by atoms with Gasteiger partial charge in [-0.3, -0.25) is 0 Å². The highest BCUT2D eigenvalue weighted by Gasteiger charge is 2.73. The first kappa shape index (κ1) is 11.3. The molecule has 112 valence electrons. The van der Waals surface area contributed by atoms with Crippen molar-refractivity contribution in [1.29, 1.82) is 0 Å². The predicted molar refractivity (Wildman–Crippen MR) is 83.3 cm³/mol. The smallest absolute Gasteiger partial charge is 0.0194 e. The van der Waals surface area contributed by atoms with Crippen LogP contribution in [0.25, 0.3) is 0 Å². The summed E-state index contributed by atoms with van der Waals surface area (Å²) in [4.78, 5) is 0. The molecular weight excluding hydrogens is 252 g/mol. The Morgan fingerprint density at radius 3 is 2.57 bits per heavy atom. The number of rotatable bonds is 0. The number of allylic oxidation sites excluding steroid dienone is 2. The molecule has 0 amide bonds. The van der Waals surface area contributed by atoms with Crippen molar-refractivity contribution >= 4 is 0 Å². The zero-order valence-electron chi connectivity index (χ0n) is 13.2. The van der Waals surface area contributed by atoms with Gasteiger partial charge < -0.3 is 0 Å². The summed E-state index contributed by atoms with van der Waals surface area (Å²) in [6.07, 6.45) is 14.9. The van der Waals surface area contributed by atoms with Gasteiger partial charge in [0.25, 0.3) is 0 Å². The Bertz CT molecular complexity index is 560. The molecule has 0 N–H and O–H groups in total. The lowest BCUT2D eigenvalue weighted by molar-refractivity contribution is 0.0159. The summed E-state index contributed by atoms with van der Waals surface area (Å²) >= 11 is 0. The van der Waals surface area contributed by atoms with Crippen molar-refractivity contribution in [3.8, 4) is 0 Å². The molecule has 6 bridgehead atoms. The standard InChI is InChI=1S/C21H28/c1-21-5-4-12(9-21)18-14-8-16(20(18)21)19-15(14)7-13-10-2-3-11(6-10)17(13)19/h2-3,10-20H,4-9H2,1H3. The van der Waals surface area contributed by atoms with E-state index in [1.807, 2.05) is 0 Å². The lowest BCUT2D eigenvalue weighted by Crippen LogP contribution is -2.41. The van der Waals surface area contributed by atoms with Crippen molar-refractivity contribution in [1.82, 2.24) is 0 Å². The van der Waals surface area contributed by atoms with Crippen LogP contribution >= 0.6 is 0 Å². The van der Waals surface area contributed by atoms with Crippen molar-refractivity contribution in [2.75, 3.05) is 0 Å². The molecule has 0 radical (unpaired) electrons. The van der Waals surface area contributed by atoms with Gasteiger partial charge in [0.05, 0.1) is 0 Å². The largest absolute Gasteiger partial charge is 0.0848 e. The minimum absolute atomic E-state index is 0.783. The van der Waals surface area contributed by atoms with Gasteiger partial charge in [-0.05, 0) is 109 Å². The molecule has 0 heteroatoms. The van der Waals surface area contributed by atoms with Crippen molar-refractivity contribution in [2.45, 2.75) is 45.4 Å². The van der Waals surface area contributed by atoms with Crippen LogP contribution < -0.4 is 0 Å². The second-order valence-electron chi connectivity index (χ2n) is 10.5. The van der Waals surface area contributed by atoms with Crippen molar-refractivity contribution in [3.05, 3.63) is 12.2 Å². The predicted octanol–water partition coefficient (Wildman–Crippen LogP) is 4.76. The van der Waals surface area contributed by atoms with Gasteiger partial charge in [-0.2, -0.15) is 0 Å². The highest BCUT2D eigenvalue weighted by molar-refractivity contribution is 5.25. The van der Waals surface area contributed by atoms with E-state index in [2.05, 4.69) is 19.1 Å². The maximum atomic E-state index is 2.69. The van der Waals surface area contributed by atoms with Crippen molar-refractivity contribution < 1.29 is 0 Å². The Hall–Kier alpha value is -0.260. The highest BCUT2D eigenvalue weighted by atomic mass is 14.8. The Balaban J connectivity index is 1.34. The van der Waals surface area contributed by atoms with E-state index in [1.165, 1.54) is 35.5 Å². The highest BCUT2D eigenvalue weighted by Crippen LogP contribution is 2.79. The summed E-state index contributed by atoms with van der Waals surface area (Å²) in [6, 6.07) is 0. The van der Waals surface area contributed by atoms with Gasteiger partial charge in [-0.15, -0.1) is 0 Å². The van der Waals surface area contributed by atoms with E-state index in [0.29, 0.717) is 0 Å². The monoisotopic (exact) mass is 280 g/mol. The van der Waals surface area contributed by atoms with Crippen LogP contribution in [0, 0.1) is 70.5 Å². The molecule has 0 aromatic heterocycles. The third-order valence-corrected chi connectivity index (χ3v) is 10.3. The lowest BCUT2D eigenvalue weighted by atomic mass is 9.58. The van der Waals surface area contributed by atoms with E-state index in [-0.39, 0.29) is 0 Å². The van der Waals surface area contributed by atoms with Gasteiger partial charge in [0, 0.05) is 0 Å². The average Bonchev–Trinajstić information content (AvgIpc) is 3.24. The molecule has 7 aliphatic rings. The Kier molecular flexibility index (Phi) is 1.71. The minimum atomic E-state index is 0.783. The van der Waals surface area contributed by atoms with Crippen LogP contribution in [0.1, 0.15) is 45.4 Å². The van der Waals surface area contributed by atoms with Gasteiger partial charge in [-0.1, -0.05) is 19.1 Å². The molecule has 0 aromatic carbocycles. The summed E-state index contributed by atoms with van der Waals surface area (Å²) in [5, 5.41) is 0. The molecule has 0 aromatic rings. The Morgan fingerprint density at radius 2 is 1.62 bits per heavy atom. The summed E-state index contributed by atoms with van der Waals surface area (Å²) < 4.78 is 0. The van der Waals surface area contributed by atoms with Crippen LogP contribution in [0.15, 0.2) is 12.2 Å². The molecule has 0 spiro atoms. The van der Waals surface area contributed by atoms with Crippen LogP contribution in [-0.4, -0.2) is 0 Å². The fraction of sp³-hybridized carbons (Fsp3) is 0.905. The average molecular weight is 280 g/mol. The van der Waals surface area contributed by atoms with E-state index < -0.39 is 0 Å². The molecule has 12 unspecified atom stereocenters. The summed E-state index contributed by atoms with van der Waals surface area (Å²) in [5.41, 5.74) is 0.783. The topological polar surface area (TPSA) is 0 Å². The maximum absolute atomic E-state index is 2.69. The molecule has 0 saturated heterocycles. The van der Waals surface area contributed by atoms with Crippen LogP contribution in [0.3, 0.4) is 0 Å². The van der Waals surface area contributed by atoms with Gasteiger partial charge in [0.2, 0.25) is 0 Å². The van der Waals surface area contributed by atoms with E-state index in [9.17, 15) is 0 Å². The Labute approximate surface area is 128 Å². The third-order valence-electron chi connectivity index (χ3n) is 10.3. The zero-order valence-corrected chi connectivity index (χ0v) is 13.2. The second kappa shape index (κ2) is 3.17. The molecule has 0 aliphatic heterocycles. The van der Waals surface area contributed by atoms with Gasteiger partial charge in [0.1, 0.15) is 0 Å². The minimum Gasteiger partial charge on any atom is -0.0848 e. The van der Waals surface area contributed by atoms with Crippen LogP contribution in [-0.2, 0) is 0 Å². The number of hydrogen-bond donors (Lipinski definition) is 0. The van der Waals surface area contributed by atoms with E-state index in [4.69, 9.17) is 0 Å². The van der Waals surface area contributed by atoms with E-state index in [1.54, 1.807) is 38.5 Å². The van der Waals surface area contributed by atoms with Crippen LogP contribution in [0.4, 0.5) is 0 Å². The molecule has 0 nitrogen and oxygen atoms in total. The zero-order chi connectivity index (χ0) is 13.5. The second-order valence-corrected chi connectivity index (χ2v) is 10.5. The molecule has 6 fully saturated rings. The van der Waals surface area contributed by atoms with Gasteiger partial charge in [0.15, 0.2) is 0 Å². The third kappa shape index (κ3) is 1.03. The first-order valence-corrected chi connectivity index (χ1v) is 9.93. The van der Waals surface area contributed by atoms with Crippen molar-refractivity contribution in [2.24, 2.45) is 70.5 Å². The molecule has 21 heavy (non-hydrogen) atoms. The van der Waals surface area contributed by atoms with E-state index >= 15 is 0 Å². The quantitative estimate of drug-likeness (QED) is 0.443. The SMILES string of the molecule is CC12CCC(C1)C1C3CC(C4C3CC3C5C=CC(C5)C34)C12. The van der Waals surface area contributed by atoms with Crippen molar-refractivity contribution in [3.63, 3.8) is 0 Å². The fourth-order valence-corrected chi connectivity index (χ4v) is 10.3. The Morgan fingerprint density at radius 1 is 0.810 bits per heavy atom. The van der Waals surface area contributed by atoms with E-state index in [0.717, 1.165) is 35.0 Å². The molecular formula is C21H28. The van der Waals surface area contributed by atoms with Crippen LogP contribution in [0.2, 0.25) is 0 Å². The molecule has 7 rings (SSSR count). The summed E-state index contributed by atoms with van der Waals surface area (Å²) in [7, 11) is 0. The maximum Gasteiger partial charge on any atom is -0.0194 e. The molecule has 7 aliphatic carbocycles. The lowest BCUT2D eigenvalue weighted by Gasteiger charge is -2.46. The first-order valence-electron chi connectivity index (χ1n) is 9.93. The number of fused-ring (bicyclic) bond motifs is 18. The fourth-order valence-electron chi connectivity index (χ4n) is 10.3.